The summed E-state index contributed by atoms with van der Waals surface area (Å²) in [5.41, 5.74) is 1.11. The molecule has 2 aromatic rings. The SMILES string of the molecule is CCS(=O)/N=C(\C)c1cc(C(=O)OC(C)C)cn2c(=O)cc(N3CCOCC3)nc12. The van der Waals surface area contributed by atoms with E-state index in [2.05, 4.69) is 9.38 Å². The summed E-state index contributed by atoms with van der Waals surface area (Å²) in [6, 6.07) is 3.03. The van der Waals surface area contributed by atoms with Crippen LogP contribution in [0.1, 0.15) is 43.6 Å². The molecule has 1 saturated heterocycles. The fourth-order valence-corrected chi connectivity index (χ4v) is 3.60. The number of morpholine rings is 1. The van der Waals surface area contributed by atoms with Crippen LogP contribution in [-0.4, -0.2) is 63.4 Å². The van der Waals surface area contributed by atoms with Crippen LogP contribution in [-0.2, 0) is 20.5 Å². The van der Waals surface area contributed by atoms with E-state index in [0.717, 1.165) is 0 Å². The average Bonchev–Trinajstić information content (AvgIpc) is 2.73. The highest BCUT2D eigenvalue weighted by molar-refractivity contribution is 7.83. The van der Waals surface area contributed by atoms with E-state index in [9.17, 15) is 13.8 Å². The second kappa shape index (κ2) is 9.48. The van der Waals surface area contributed by atoms with Crippen molar-refractivity contribution in [3.8, 4) is 0 Å². The number of ether oxygens (including phenoxy) is 2. The summed E-state index contributed by atoms with van der Waals surface area (Å²) in [6.45, 7) is 9.33. The first-order chi connectivity index (χ1) is 14.3. The minimum Gasteiger partial charge on any atom is -0.459 e. The molecule has 1 fully saturated rings. The maximum atomic E-state index is 12.9. The number of aromatic nitrogens is 2. The number of hydrogen-bond acceptors (Lipinski definition) is 7. The Labute approximate surface area is 177 Å². The van der Waals surface area contributed by atoms with Gasteiger partial charge in [0.1, 0.15) is 16.8 Å². The van der Waals surface area contributed by atoms with E-state index in [0.29, 0.717) is 54.8 Å². The molecule has 10 heteroatoms. The second-order valence-electron chi connectivity index (χ2n) is 7.13. The standard InChI is InChI=1S/C20H26N4O5S/c1-5-30(27)22-14(4)16-10-15(20(26)29-13(2)3)12-24-18(25)11-17(21-19(16)24)23-6-8-28-9-7-23/h10-13H,5-9H2,1-4H3/b22-14+. The lowest BCUT2D eigenvalue weighted by atomic mass is 10.1. The summed E-state index contributed by atoms with van der Waals surface area (Å²) in [7, 11) is -1.41. The van der Waals surface area contributed by atoms with Crippen molar-refractivity contribution in [1.29, 1.82) is 0 Å². The third-order valence-electron chi connectivity index (χ3n) is 4.54. The van der Waals surface area contributed by atoms with E-state index in [4.69, 9.17) is 9.47 Å². The van der Waals surface area contributed by atoms with Crippen molar-refractivity contribution in [3.63, 3.8) is 0 Å². The largest absolute Gasteiger partial charge is 0.459 e. The van der Waals surface area contributed by atoms with Gasteiger partial charge in [0.25, 0.3) is 5.56 Å². The number of nitrogens with zero attached hydrogens (tertiary/aromatic N) is 4. The molecule has 1 aliphatic heterocycles. The Kier molecular flexibility index (Phi) is 6.99. The summed E-state index contributed by atoms with van der Waals surface area (Å²) >= 11 is 0. The first kappa shape index (κ1) is 22.1. The van der Waals surface area contributed by atoms with Gasteiger partial charge in [0.15, 0.2) is 5.65 Å². The lowest BCUT2D eigenvalue weighted by molar-refractivity contribution is 0.0377. The molecule has 0 amide bonds. The number of fused-ring (bicyclic) bond motifs is 1. The molecule has 1 aliphatic rings. The fraction of sp³-hybridized carbons (Fsp3) is 0.500. The smallest absolute Gasteiger partial charge is 0.339 e. The Morgan fingerprint density at radius 1 is 1.33 bits per heavy atom. The lowest BCUT2D eigenvalue weighted by Crippen LogP contribution is -2.37. The quantitative estimate of drug-likeness (QED) is 0.502. The molecule has 0 radical (unpaired) electrons. The minimum atomic E-state index is -1.41. The predicted molar refractivity (Wildman–Crippen MR) is 116 cm³/mol. The van der Waals surface area contributed by atoms with Gasteiger partial charge < -0.3 is 14.4 Å². The maximum Gasteiger partial charge on any atom is 0.339 e. The molecule has 1 unspecified atom stereocenters. The van der Waals surface area contributed by atoms with Crippen LogP contribution in [0, 0.1) is 0 Å². The van der Waals surface area contributed by atoms with Crippen LogP contribution in [0.3, 0.4) is 0 Å². The maximum absolute atomic E-state index is 12.9. The van der Waals surface area contributed by atoms with Gasteiger partial charge in [0.05, 0.1) is 30.6 Å². The van der Waals surface area contributed by atoms with Crippen molar-refractivity contribution < 1.29 is 18.5 Å². The van der Waals surface area contributed by atoms with Crippen LogP contribution in [0.15, 0.2) is 27.5 Å². The number of esters is 1. The third kappa shape index (κ3) is 4.93. The normalized spacial score (nSPS) is 16.2. The van der Waals surface area contributed by atoms with Crippen molar-refractivity contribution in [3.05, 3.63) is 39.8 Å². The summed E-state index contributed by atoms with van der Waals surface area (Å²) in [6.07, 6.45) is 1.11. The molecular formula is C20H26N4O5S. The number of rotatable bonds is 6. The summed E-state index contributed by atoms with van der Waals surface area (Å²) < 4.78 is 28.2. The van der Waals surface area contributed by atoms with Crippen molar-refractivity contribution in [1.82, 2.24) is 9.38 Å². The highest BCUT2D eigenvalue weighted by Gasteiger charge is 2.20. The van der Waals surface area contributed by atoms with E-state index in [1.807, 2.05) is 4.90 Å². The molecule has 0 saturated carbocycles. The van der Waals surface area contributed by atoms with Crippen LogP contribution >= 0.6 is 0 Å². The van der Waals surface area contributed by atoms with Gasteiger partial charge in [0, 0.05) is 36.7 Å². The van der Waals surface area contributed by atoms with E-state index in [1.54, 1.807) is 33.8 Å². The molecule has 3 heterocycles. The van der Waals surface area contributed by atoms with Crippen molar-refractivity contribution in [2.24, 2.45) is 4.40 Å². The Morgan fingerprint density at radius 2 is 2.03 bits per heavy atom. The molecule has 0 N–H and O–H groups in total. The zero-order chi connectivity index (χ0) is 21.8. The number of carbonyl (C=O) groups excluding carboxylic acids is 1. The van der Waals surface area contributed by atoms with Crippen molar-refractivity contribution >= 4 is 34.1 Å². The number of anilines is 1. The number of pyridine rings is 1. The van der Waals surface area contributed by atoms with Crippen LogP contribution in [0.25, 0.3) is 5.65 Å². The van der Waals surface area contributed by atoms with Gasteiger partial charge in [-0.2, -0.15) is 4.40 Å². The lowest BCUT2D eigenvalue weighted by Gasteiger charge is -2.28. The average molecular weight is 435 g/mol. The monoisotopic (exact) mass is 434 g/mol. The molecule has 0 aromatic carbocycles. The first-order valence-electron chi connectivity index (χ1n) is 9.85. The van der Waals surface area contributed by atoms with Gasteiger partial charge in [-0.25, -0.2) is 14.0 Å². The molecule has 30 heavy (non-hydrogen) atoms. The predicted octanol–water partition coefficient (Wildman–Crippen LogP) is 1.59. The van der Waals surface area contributed by atoms with Gasteiger partial charge in [-0.05, 0) is 26.8 Å². The van der Waals surface area contributed by atoms with E-state index < -0.39 is 17.0 Å². The highest BCUT2D eigenvalue weighted by Crippen LogP contribution is 2.18. The first-order valence-corrected chi connectivity index (χ1v) is 11.1. The van der Waals surface area contributed by atoms with Gasteiger partial charge in [-0.1, -0.05) is 6.92 Å². The Bertz CT molecular complexity index is 1060. The van der Waals surface area contributed by atoms with Crippen LogP contribution in [0.5, 0.6) is 0 Å². The van der Waals surface area contributed by atoms with Crippen LogP contribution < -0.4 is 10.5 Å². The van der Waals surface area contributed by atoms with Crippen molar-refractivity contribution in [2.45, 2.75) is 33.8 Å². The molecule has 0 bridgehead atoms. The van der Waals surface area contributed by atoms with Gasteiger partial charge in [-0.3, -0.25) is 9.20 Å². The molecule has 9 nitrogen and oxygen atoms in total. The molecular weight excluding hydrogens is 408 g/mol. The number of hydrogen-bond donors (Lipinski definition) is 0. The van der Waals surface area contributed by atoms with Crippen molar-refractivity contribution in [2.75, 3.05) is 37.0 Å². The molecule has 2 aromatic heterocycles. The topological polar surface area (TPSA) is 103 Å². The highest BCUT2D eigenvalue weighted by atomic mass is 32.2. The zero-order valence-electron chi connectivity index (χ0n) is 17.6. The van der Waals surface area contributed by atoms with E-state index in [1.165, 1.54) is 16.7 Å². The fourth-order valence-electron chi connectivity index (χ4n) is 3.07. The Balaban J connectivity index is 2.21. The summed E-state index contributed by atoms with van der Waals surface area (Å²) in [4.78, 5) is 32.1. The minimum absolute atomic E-state index is 0.200. The van der Waals surface area contributed by atoms with E-state index >= 15 is 0 Å². The molecule has 3 rings (SSSR count). The molecule has 162 valence electrons. The van der Waals surface area contributed by atoms with Gasteiger partial charge in [-0.15, -0.1) is 0 Å². The zero-order valence-corrected chi connectivity index (χ0v) is 18.4. The van der Waals surface area contributed by atoms with Crippen LogP contribution in [0.4, 0.5) is 5.82 Å². The Morgan fingerprint density at radius 3 is 2.67 bits per heavy atom. The Hall–Kier alpha value is -2.59. The summed E-state index contributed by atoms with van der Waals surface area (Å²) in [5.74, 6) is 0.338. The molecule has 1 atom stereocenters. The molecule has 0 spiro atoms. The second-order valence-corrected chi connectivity index (χ2v) is 8.53. The molecule has 0 aliphatic carbocycles. The number of carbonyl (C=O) groups is 1. The van der Waals surface area contributed by atoms with Gasteiger partial charge >= 0.3 is 5.97 Å². The van der Waals surface area contributed by atoms with Crippen LogP contribution in [0.2, 0.25) is 0 Å². The summed E-state index contributed by atoms with van der Waals surface area (Å²) in [5, 5.41) is 0. The van der Waals surface area contributed by atoms with E-state index in [-0.39, 0.29) is 17.2 Å². The third-order valence-corrected chi connectivity index (χ3v) is 5.51. The van der Waals surface area contributed by atoms with Gasteiger partial charge in [0.2, 0.25) is 0 Å².